The number of anilines is 1. The van der Waals surface area contributed by atoms with Gasteiger partial charge in [0, 0.05) is 17.3 Å². The standard InChI is InChI=1S/C20H17N3O3/c1-25-17-7-4-6-15(11-17)19(24)22-20-21-16(13-26-20)12-23-10-9-14-5-2-3-8-18(14)23/h2-11,13H,12H2,1H3,(H,21,22,24). The summed E-state index contributed by atoms with van der Waals surface area (Å²) in [5, 5.41) is 3.83. The summed E-state index contributed by atoms with van der Waals surface area (Å²) >= 11 is 0. The Labute approximate surface area is 150 Å². The molecule has 0 unspecified atom stereocenters. The Morgan fingerprint density at radius 1 is 1.19 bits per heavy atom. The lowest BCUT2D eigenvalue weighted by molar-refractivity contribution is 0.102. The number of hydrogen-bond donors (Lipinski definition) is 1. The van der Waals surface area contributed by atoms with Gasteiger partial charge in [-0.2, -0.15) is 4.98 Å². The van der Waals surface area contributed by atoms with Gasteiger partial charge in [-0.1, -0.05) is 24.3 Å². The minimum Gasteiger partial charge on any atom is -0.497 e. The van der Waals surface area contributed by atoms with E-state index >= 15 is 0 Å². The number of oxazole rings is 1. The first-order valence-electron chi connectivity index (χ1n) is 8.16. The SMILES string of the molecule is COc1cccc(C(=O)Nc2nc(Cn3ccc4ccccc43)co2)c1. The van der Waals surface area contributed by atoms with Crippen molar-refractivity contribution in [2.45, 2.75) is 6.54 Å². The van der Waals surface area contributed by atoms with Gasteiger partial charge in [0.15, 0.2) is 0 Å². The van der Waals surface area contributed by atoms with Crippen molar-refractivity contribution in [3.8, 4) is 5.75 Å². The fraction of sp³-hybridized carbons (Fsp3) is 0.100. The van der Waals surface area contributed by atoms with Gasteiger partial charge in [-0.05, 0) is 35.7 Å². The third-order valence-corrected chi connectivity index (χ3v) is 4.12. The van der Waals surface area contributed by atoms with Gasteiger partial charge in [0.25, 0.3) is 5.91 Å². The molecule has 0 aliphatic rings. The smallest absolute Gasteiger partial charge is 0.301 e. The number of hydrogen-bond acceptors (Lipinski definition) is 4. The Bertz CT molecular complexity index is 1060. The van der Waals surface area contributed by atoms with Gasteiger partial charge in [0.05, 0.1) is 13.7 Å². The molecule has 130 valence electrons. The minimum absolute atomic E-state index is 0.171. The number of methoxy groups -OCH3 is 1. The van der Waals surface area contributed by atoms with Crippen LogP contribution in [0.3, 0.4) is 0 Å². The first-order chi connectivity index (χ1) is 12.7. The molecule has 0 aliphatic carbocycles. The molecule has 6 heteroatoms. The molecule has 6 nitrogen and oxygen atoms in total. The second-order valence-corrected chi connectivity index (χ2v) is 5.83. The maximum Gasteiger partial charge on any atom is 0.301 e. The molecule has 0 radical (unpaired) electrons. The van der Waals surface area contributed by atoms with E-state index in [-0.39, 0.29) is 11.9 Å². The van der Waals surface area contributed by atoms with E-state index in [4.69, 9.17) is 9.15 Å². The lowest BCUT2D eigenvalue weighted by Crippen LogP contribution is -2.12. The molecule has 0 aliphatic heterocycles. The van der Waals surface area contributed by atoms with Crippen molar-refractivity contribution < 1.29 is 13.9 Å². The predicted octanol–water partition coefficient (Wildman–Crippen LogP) is 3.94. The highest BCUT2D eigenvalue weighted by Crippen LogP contribution is 2.18. The highest BCUT2D eigenvalue weighted by atomic mass is 16.5. The fourth-order valence-corrected chi connectivity index (χ4v) is 2.82. The Hall–Kier alpha value is -3.54. The van der Waals surface area contributed by atoms with E-state index in [9.17, 15) is 4.79 Å². The molecular formula is C20H17N3O3. The van der Waals surface area contributed by atoms with Crippen LogP contribution in [0.25, 0.3) is 10.9 Å². The molecule has 4 aromatic rings. The largest absolute Gasteiger partial charge is 0.497 e. The Kier molecular flexibility index (Phi) is 4.15. The van der Waals surface area contributed by atoms with Crippen molar-refractivity contribution in [3.63, 3.8) is 0 Å². The van der Waals surface area contributed by atoms with E-state index in [1.165, 1.54) is 5.39 Å². The van der Waals surface area contributed by atoms with Gasteiger partial charge < -0.3 is 13.7 Å². The van der Waals surface area contributed by atoms with E-state index in [2.05, 4.69) is 33.1 Å². The van der Waals surface area contributed by atoms with E-state index < -0.39 is 0 Å². The Morgan fingerprint density at radius 3 is 2.96 bits per heavy atom. The van der Waals surface area contributed by atoms with Gasteiger partial charge in [-0.25, -0.2) is 0 Å². The van der Waals surface area contributed by atoms with E-state index in [1.54, 1.807) is 37.6 Å². The molecule has 26 heavy (non-hydrogen) atoms. The first-order valence-corrected chi connectivity index (χ1v) is 8.16. The molecule has 2 heterocycles. The zero-order valence-corrected chi connectivity index (χ0v) is 14.2. The number of ether oxygens (including phenoxy) is 1. The lowest BCUT2D eigenvalue weighted by Gasteiger charge is -2.03. The third-order valence-electron chi connectivity index (χ3n) is 4.12. The van der Waals surface area contributed by atoms with Crippen molar-refractivity contribution in [1.29, 1.82) is 0 Å². The van der Waals surface area contributed by atoms with Gasteiger partial charge in [-0.15, -0.1) is 0 Å². The normalized spacial score (nSPS) is 10.8. The first kappa shape index (κ1) is 16.0. The monoisotopic (exact) mass is 347 g/mol. The van der Waals surface area contributed by atoms with Crippen LogP contribution in [0, 0.1) is 0 Å². The fourth-order valence-electron chi connectivity index (χ4n) is 2.82. The molecule has 2 aromatic heterocycles. The average molecular weight is 347 g/mol. The maximum absolute atomic E-state index is 12.3. The molecule has 0 saturated heterocycles. The van der Waals surface area contributed by atoms with E-state index in [0.29, 0.717) is 17.9 Å². The average Bonchev–Trinajstić information content (AvgIpc) is 3.29. The minimum atomic E-state index is -0.302. The highest BCUT2D eigenvalue weighted by Gasteiger charge is 2.12. The molecule has 2 aromatic carbocycles. The van der Waals surface area contributed by atoms with E-state index in [1.807, 2.05) is 18.3 Å². The number of amides is 1. The van der Waals surface area contributed by atoms with Crippen LogP contribution in [-0.4, -0.2) is 22.6 Å². The number of para-hydroxylation sites is 1. The van der Waals surface area contributed by atoms with Crippen LogP contribution in [0.15, 0.2) is 71.5 Å². The van der Waals surface area contributed by atoms with E-state index in [0.717, 1.165) is 11.2 Å². The topological polar surface area (TPSA) is 69.3 Å². The van der Waals surface area contributed by atoms with Crippen LogP contribution < -0.4 is 10.1 Å². The van der Waals surface area contributed by atoms with Crippen LogP contribution in [0.2, 0.25) is 0 Å². The second kappa shape index (κ2) is 6.76. The van der Waals surface area contributed by atoms with Crippen molar-refractivity contribution in [1.82, 2.24) is 9.55 Å². The summed E-state index contributed by atoms with van der Waals surface area (Å²) in [5.74, 6) is 0.314. The Morgan fingerprint density at radius 2 is 2.08 bits per heavy atom. The van der Waals surface area contributed by atoms with Gasteiger partial charge in [0.1, 0.15) is 17.7 Å². The van der Waals surface area contributed by atoms with Crippen LogP contribution in [-0.2, 0) is 6.54 Å². The predicted molar refractivity (Wildman–Crippen MR) is 98.5 cm³/mol. The lowest BCUT2D eigenvalue weighted by atomic mass is 10.2. The summed E-state index contributed by atoms with van der Waals surface area (Å²) in [6.07, 6.45) is 3.56. The number of nitrogens with one attached hydrogen (secondary N) is 1. The zero-order valence-electron chi connectivity index (χ0n) is 14.2. The second-order valence-electron chi connectivity index (χ2n) is 5.83. The zero-order chi connectivity index (χ0) is 17.9. The molecule has 1 N–H and O–H groups in total. The van der Waals surface area contributed by atoms with Crippen molar-refractivity contribution >= 4 is 22.8 Å². The summed E-state index contributed by atoms with van der Waals surface area (Å²) in [5.41, 5.74) is 2.32. The summed E-state index contributed by atoms with van der Waals surface area (Å²) in [6, 6.07) is 17.3. The molecular weight excluding hydrogens is 330 g/mol. The van der Waals surface area contributed by atoms with Crippen LogP contribution in [0.1, 0.15) is 16.1 Å². The molecule has 0 bridgehead atoms. The van der Waals surface area contributed by atoms with Gasteiger partial charge in [-0.3, -0.25) is 10.1 Å². The molecule has 0 spiro atoms. The molecule has 0 fully saturated rings. The van der Waals surface area contributed by atoms with Crippen molar-refractivity contribution in [2.75, 3.05) is 12.4 Å². The number of fused-ring (bicyclic) bond motifs is 1. The number of carbonyl (C=O) groups is 1. The Balaban J connectivity index is 1.48. The number of rotatable bonds is 5. The molecule has 1 amide bonds. The van der Waals surface area contributed by atoms with Crippen molar-refractivity contribution in [2.24, 2.45) is 0 Å². The summed E-state index contributed by atoms with van der Waals surface area (Å²) < 4.78 is 12.6. The quantitative estimate of drug-likeness (QED) is 0.594. The third kappa shape index (κ3) is 3.17. The number of benzene rings is 2. The van der Waals surface area contributed by atoms with Gasteiger partial charge in [0.2, 0.25) is 0 Å². The summed E-state index contributed by atoms with van der Waals surface area (Å²) in [6.45, 7) is 0.562. The van der Waals surface area contributed by atoms with Crippen LogP contribution in [0.5, 0.6) is 5.75 Å². The highest BCUT2D eigenvalue weighted by molar-refractivity contribution is 6.03. The van der Waals surface area contributed by atoms with Gasteiger partial charge >= 0.3 is 6.01 Å². The summed E-state index contributed by atoms with van der Waals surface area (Å²) in [4.78, 5) is 16.7. The number of aromatic nitrogens is 2. The number of nitrogens with zero attached hydrogens (tertiary/aromatic N) is 2. The summed E-state index contributed by atoms with van der Waals surface area (Å²) in [7, 11) is 1.56. The molecule has 0 atom stereocenters. The van der Waals surface area contributed by atoms with Crippen LogP contribution in [0.4, 0.5) is 6.01 Å². The maximum atomic E-state index is 12.3. The molecule has 4 rings (SSSR count). The van der Waals surface area contributed by atoms with Crippen molar-refractivity contribution in [3.05, 3.63) is 78.3 Å². The number of carbonyl (C=O) groups excluding carboxylic acids is 1. The van der Waals surface area contributed by atoms with Crippen LogP contribution >= 0.6 is 0 Å². The molecule has 0 saturated carbocycles.